The monoisotopic (exact) mass is 318 g/mol. The fourth-order valence-corrected chi connectivity index (χ4v) is 2.73. The molecule has 2 unspecified atom stereocenters. The molecule has 1 N–H and O–H groups in total. The van der Waals surface area contributed by atoms with E-state index in [0.29, 0.717) is 32.0 Å². The molecule has 23 heavy (non-hydrogen) atoms. The van der Waals surface area contributed by atoms with Gasteiger partial charge in [-0.1, -0.05) is 44.2 Å². The minimum absolute atomic E-state index is 0.000127. The zero-order valence-corrected chi connectivity index (χ0v) is 14.1. The molecule has 5 nitrogen and oxygen atoms in total. The number of nitrogens with zero attached hydrogens (tertiary/aromatic N) is 1. The minimum Gasteiger partial charge on any atom is -0.449 e. The van der Waals surface area contributed by atoms with Crippen LogP contribution in [0.2, 0.25) is 0 Å². The van der Waals surface area contributed by atoms with E-state index in [1.807, 2.05) is 51.1 Å². The summed E-state index contributed by atoms with van der Waals surface area (Å²) >= 11 is 0. The van der Waals surface area contributed by atoms with E-state index < -0.39 is 0 Å². The number of amides is 2. The highest BCUT2D eigenvalue weighted by molar-refractivity contribution is 5.80. The first-order chi connectivity index (χ1) is 11.0. The second-order valence-electron chi connectivity index (χ2n) is 6.61. The molecule has 1 aliphatic heterocycles. The summed E-state index contributed by atoms with van der Waals surface area (Å²) in [5.41, 5.74) is 1.07. The van der Waals surface area contributed by atoms with Gasteiger partial charge >= 0.3 is 6.09 Å². The number of hydrogen-bond donors (Lipinski definition) is 1. The number of rotatable bonds is 5. The predicted molar refractivity (Wildman–Crippen MR) is 88.7 cm³/mol. The van der Waals surface area contributed by atoms with Gasteiger partial charge in [0.05, 0.1) is 12.5 Å². The molecule has 0 bridgehead atoms. The molecule has 1 saturated heterocycles. The number of benzene rings is 1. The lowest BCUT2D eigenvalue weighted by Crippen LogP contribution is -2.37. The summed E-state index contributed by atoms with van der Waals surface area (Å²) in [5.74, 6) is 0.141. The lowest BCUT2D eigenvalue weighted by Gasteiger charge is -2.21. The zero-order chi connectivity index (χ0) is 16.8. The van der Waals surface area contributed by atoms with Crippen molar-refractivity contribution in [3.63, 3.8) is 0 Å². The van der Waals surface area contributed by atoms with Gasteiger partial charge in [0.1, 0.15) is 0 Å². The summed E-state index contributed by atoms with van der Waals surface area (Å²) in [6.07, 6.45) is 0.363. The molecule has 2 amide bonds. The summed E-state index contributed by atoms with van der Waals surface area (Å²) in [4.78, 5) is 26.1. The second kappa shape index (κ2) is 7.99. The quantitative estimate of drug-likeness (QED) is 0.908. The van der Waals surface area contributed by atoms with Crippen molar-refractivity contribution in [1.29, 1.82) is 0 Å². The maximum Gasteiger partial charge on any atom is 0.410 e. The number of ether oxygens (including phenoxy) is 1. The lowest BCUT2D eigenvalue weighted by molar-refractivity contribution is -0.124. The Morgan fingerprint density at radius 1 is 1.30 bits per heavy atom. The summed E-state index contributed by atoms with van der Waals surface area (Å²) in [6, 6.07) is 9.84. The van der Waals surface area contributed by atoms with Crippen LogP contribution in [0, 0.1) is 11.8 Å². The van der Waals surface area contributed by atoms with Crippen LogP contribution in [0.25, 0.3) is 0 Å². The largest absolute Gasteiger partial charge is 0.449 e. The summed E-state index contributed by atoms with van der Waals surface area (Å²) < 4.78 is 5.27. The average Bonchev–Trinajstić information content (AvgIpc) is 2.93. The first kappa shape index (κ1) is 17.3. The molecule has 1 fully saturated rings. The second-order valence-corrected chi connectivity index (χ2v) is 6.61. The van der Waals surface area contributed by atoms with E-state index in [2.05, 4.69) is 5.32 Å². The van der Waals surface area contributed by atoms with Gasteiger partial charge in [0.15, 0.2) is 0 Å². The van der Waals surface area contributed by atoms with Crippen molar-refractivity contribution < 1.29 is 14.3 Å². The van der Waals surface area contributed by atoms with E-state index in [1.54, 1.807) is 4.90 Å². The summed E-state index contributed by atoms with van der Waals surface area (Å²) in [5, 5.41) is 2.95. The Balaban J connectivity index is 1.82. The Morgan fingerprint density at radius 2 is 2.00 bits per heavy atom. The Bertz CT molecular complexity index is 530. The standard InChI is InChI=1S/C18H26N2O3/c1-13(2)12-23-18(22)20-11-16(9-14(20)3)17(21)19-10-15-7-5-4-6-8-15/h4-8,13-14,16H,9-12H2,1-3H3,(H,19,21). The zero-order valence-electron chi connectivity index (χ0n) is 14.1. The van der Waals surface area contributed by atoms with Crippen LogP contribution in [-0.4, -0.2) is 36.1 Å². The van der Waals surface area contributed by atoms with Crippen LogP contribution in [0.4, 0.5) is 4.79 Å². The molecule has 0 radical (unpaired) electrons. The van der Waals surface area contributed by atoms with Crippen molar-refractivity contribution in [3.8, 4) is 0 Å². The minimum atomic E-state index is -0.315. The number of nitrogens with one attached hydrogen (secondary N) is 1. The van der Waals surface area contributed by atoms with Crippen LogP contribution in [0.3, 0.4) is 0 Å². The SMILES string of the molecule is CC(C)COC(=O)N1CC(C(=O)NCc2ccccc2)CC1C. The highest BCUT2D eigenvalue weighted by Crippen LogP contribution is 2.24. The fraction of sp³-hybridized carbons (Fsp3) is 0.556. The Labute approximate surface area is 138 Å². The topological polar surface area (TPSA) is 58.6 Å². The van der Waals surface area contributed by atoms with Gasteiger partial charge in [-0.2, -0.15) is 0 Å². The molecule has 0 saturated carbocycles. The molecule has 0 aliphatic carbocycles. The fourth-order valence-electron chi connectivity index (χ4n) is 2.73. The van der Waals surface area contributed by atoms with Crippen molar-refractivity contribution in [2.24, 2.45) is 11.8 Å². The third kappa shape index (κ3) is 4.98. The molecule has 126 valence electrons. The lowest BCUT2D eigenvalue weighted by atomic mass is 10.1. The average molecular weight is 318 g/mol. The number of likely N-dealkylation sites (tertiary alicyclic amines) is 1. The first-order valence-electron chi connectivity index (χ1n) is 8.22. The molecule has 2 rings (SSSR count). The normalized spacial score (nSPS) is 20.6. The maximum absolute atomic E-state index is 12.3. The van der Waals surface area contributed by atoms with Gasteiger partial charge in [-0.25, -0.2) is 4.79 Å². The summed E-state index contributed by atoms with van der Waals surface area (Å²) in [6.45, 7) is 7.32. The van der Waals surface area contributed by atoms with Gasteiger partial charge in [0.2, 0.25) is 5.91 Å². The number of hydrogen-bond acceptors (Lipinski definition) is 3. The molecular weight excluding hydrogens is 292 g/mol. The van der Waals surface area contributed by atoms with Crippen molar-refractivity contribution in [1.82, 2.24) is 10.2 Å². The van der Waals surface area contributed by atoms with Crippen molar-refractivity contribution in [3.05, 3.63) is 35.9 Å². The van der Waals surface area contributed by atoms with Crippen LogP contribution >= 0.6 is 0 Å². The van der Waals surface area contributed by atoms with Gasteiger partial charge in [-0.3, -0.25) is 4.79 Å². The molecule has 1 aromatic rings. The van der Waals surface area contributed by atoms with Crippen molar-refractivity contribution in [2.45, 2.75) is 39.8 Å². The molecule has 5 heteroatoms. The van der Waals surface area contributed by atoms with Crippen LogP contribution in [-0.2, 0) is 16.1 Å². The Kier molecular flexibility index (Phi) is 6.02. The molecular formula is C18H26N2O3. The molecule has 2 atom stereocenters. The summed E-state index contributed by atoms with van der Waals surface area (Å²) in [7, 11) is 0. The van der Waals surface area contributed by atoms with Gasteiger partial charge in [0.25, 0.3) is 0 Å². The van der Waals surface area contributed by atoms with Gasteiger partial charge in [-0.05, 0) is 24.8 Å². The van der Waals surface area contributed by atoms with E-state index in [0.717, 1.165) is 5.56 Å². The van der Waals surface area contributed by atoms with Crippen LogP contribution in [0.1, 0.15) is 32.8 Å². The van der Waals surface area contributed by atoms with Gasteiger partial charge in [0, 0.05) is 19.1 Å². The molecule has 1 heterocycles. The number of carbonyl (C=O) groups is 2. The smallest absolute Gasteiger partial charge is 0.410 e. The number of carbonyl (C=O) groups excluding carboxylic acids is 2. The van der Waals surface area contributed by atoms with E-state index in [1.165, 1.54) is 0 Å². The highest BCUT2D eigenvalue weighted by atomic mass is 16.6. The van der Waals surface area contributed by atoms with E-state index in [9.17, 15) is 9.59 Å². The molecule has 1 aromatic carbocycles. The first-order valence-corrected chi connectivity index (χ1v) is 8.22. The third-order valence-electron chi connectivity index (χ3n) is 4.03. The van der Waals surface area contributed by atoms with Crippen LogP contribution in [0.5, 0.6) is 0 Å². The molecule has 0 aromatic heterocycles. The third-order valence-corrected chi connectivity index (χ3v) is 4.03. The van der Waals surface area contributed by atoms with Crippen molar-refractivity contribution >= 4 is 12.0 Å². The van der Waals surface area contributed by atoms with Gasteiger partial charge in [-0.15, -0.1) is 0 Å². The van der Waals surface area contributed by atoms with Crippen LogP contribution < -0.4 is 5.32 Å². The van der Waals surface area contributed by atoms with Gasteiger partial charge < -0.3 is 15.0 Å². The van der Waals surface area contributed by atoms with E-state index >= 15 is 0 Å². The van der Waals surface area contributed by atoms with Crippen LogP contribution in [0.15, 0.2) is 30.3 Å². The maximum atomic E-state index is 12.3. The Hall–Kier alpha value is -2.04. The Morgan fingerprint density at radius 3 is 2.65 bits per heavy atom. The van der Waals surface area contributed by atoms with E-state index in [4.69, 9.17) is 4.74 Å². The highest BCUT2D eigenvalue weighted by Gasteiger charge is 2.37. The van der Waals surface area contributed by atoms with Crippen molar-refractivity contribution in [2.75, 3.05) is 13.2 Å². The predicted octanol–water partition coefficient (Wildman–Crippen LogP) is 2.81. The molecule has 0 spiro atoms. The van der Waals surface area contributed by atoms with E-state index in [-0.39, 0.29) is 24.0 Å². The molecule has 1 aliphatic rings.